The van der Waals surface area contributed by atoms with Crippen LogP contribution in [0.1, 0.15) is 0 Å². The number of nitrogens with two attached hydrogens (primary N) is 1. The van der Waals surface area contributed by atoms with Gasteiger partial charge in [-0.1, -0.05) is 0 Å². The molecule has 0 aliphatic heterocycles. The van der Waals surface area contributed by atoms with Crippen molar-refractivity contribution in [3.05, 3.63) is 46.7 Å². The monoisotopic (exact) mass is 374 g/mol. The van der Waals surface area contributed by atoms with Crippen LogP contribution in [0.25, 0.3) is 0 Å². The molecule has 0 aromatic heterocycles. The summed E-state index contributed by atoms with van der Waals surface area (Å²) in [6.07, 6.45) is 0. The summed E-state index contributed by atoms with van der Waals surface area (Å²) in [5, 5.41) is 0. The molecule has 0 atom stereocenters. The van der Waals surface area contributed by atoms with Crippen molar-refractivity contribution in [3.63, 3.8) is 0 Å². The highest BCUT2D eigenvalue weighted by Crippen LogP contribution is 2.28. The molecule has 0 unspecified atom stereocenters. The quantitative estimate of drug-likeness (QED) is 0.806. The van der Waals surface area contributed by atoms with Gasteiger partial charge in [0.2, 0.25) is 0 Å². The Labute approximate surface area is 130 Å². The second-order valence-electron chi connectivity index (χ2n) is 4.14. The van der Waals surface area contributed by atoms with Crippen molar-refractivity contribution in [2.45, 2.75) is 4.90 Å². The third-order valence-electron chi connectivity index (χ3n) is 2.65. The molecular weight excluding hydrogens is 363 g/mol. The molecule has 0 bridgehead atoms. The van der Waals surface area contributed by atoms with Gasteiger partial charge in [0.05, 0.1) is 17.3 Å². The smallest absolute Gasteiger partial charge is 0.265 e. The van der Waals surface area contributed by atoms with E-state index in [0.717, 1.165) is 6.07 Å². The van der Waals surface area contributed by atoms with Crippen LogP contribution in [0.2, 0.25) is 0 Å². The molecule has 0 heterocycles. The minimum Gasteiger partial charge on any atom is -0.495 e. The number of benzene rings is 2. The zero-order chi connectivity index (χ0) is 15.6. The van der Waals surface area contributed by atoms with Crippen LogP contribution in [0, 0.1) is 5.82 Å². The van der Waals surface area contributed by atoms with Crippen molar-refractivity contribution >= 4 is 37.3 Å². The van der Waals surface area contributed by atoms with Crippen LogP contribution in [0.4, 0.5) is 15.8 Å². The Morgan fingerprint density at radius 1 is 1.24 bits per heavy atom. The fraction of sp³-hybridized carbons (Fsp3) is 0.0769. The van der Waals surface area contributed by atoms with Gasteiger partial charge in [-0.15, -0.1) is 0 Å². The molecule has 0 radical (unpaired) electrons. The van der Waals surface area contributed by atoms with E-state index in [0.29, 0.717) is 5.69 Å². The SMILES string of the molecule is COc1cc(N)ccc1S(=O)(=O)Nc1ccc(F)c(Br)c1. The molecule has 2 rings (SSSR count). The highest BCUT2D eigenvalue weighted by atomic mass is 79.9. The maximum atomic E-state index is 13.2. The van der Waals surface area contributed by atoms with Gasteiger partial charge in [-0.3, -0.25) is 4.72 Å². The normalized spacial score (nSPS) is 11.2. The molecule has 0 aliphatic carbocycles. The Hall–Kier alpha value is -1.80. The summed E-state index contributed by atoms with van der Waals surface area (Å²) >= 11 is 3.00. The van der Waals surface area contributed by atoms with Crippen molar-refractivity contribution in [2.24, 2.45) is 0 Å². The van der Waals surface area contributed by atoms with E-state index in [1.807, 2.05) is 0 Å². The second-order valence-corrected chi connectivity index (χ2v) is 6.65. The zero-order valence-electron chi connectivity index (χ0n) is 10.9. The fourth-order valence-electron chi connectivity index (χ4n) is 1.68. The third kappa shape index (κ3) is 3.45. The largest absolute Gasteiger partial charge is 0.495 e. The number of rotatable bonds is 4. The first-order valence-corrected chi connectivity index (χ1v) is 8.02. The molecule has 0 aliphatic rings. The van der Waals surface area contributed by atoms with Gasteiger partial charge in [0, 0.05) is 11.8 Å². The van der Waals surface area contributed by atoms with Gasteiger partial charge in [-0.2, -0.15) is 0 Å². The minimum absolute atomic E-state index is 0.0559. The summed E-state index contributed by atoms with van der Waals surface area (Å²) in [4.78, 5) is -0.0559. The predicted molar refractivity (Wildman–Crippen MR) is 82.3 cm³/mol. The van der Waals surface area contributed by atoms with Gasteiger partial charge in [0.1, 0.15) is 16.5 Å². The number of anilines is 2. The average molecular weight is 375 g/mol. The zero-order valence-corrected chi connectivity index (χ0v) is 13.3. The van der Waals surface area contributed by atoms with E-state index in [4.69, 9.17) is 10.5 Å². The van der Waals surface area contributed by atoms with E-state index >= 15 is 0 Å². The molecule has 0 saturated heterocycles. The highest BCUT2D eigenvalue weighted by Gasteiger charge is 2.20. The van der Waals surface area contributed by atoms with Gasteiger partial charge in [0.15, 0.2) is 0 Å². The van der Waals surface area contributed by atoms with Gasteiger partial charge < -0.3 is 10.5 Å². The molecule has 0 saturated carbocycles. The third-order valence-corrected chi connectivity index (χ3v) is 4.68. The number of ether oxygens (including phenoxy) is 1. The lowest BCUT2D eigenvalue weighted by Crippen LogP contribution is -2.14. The van der Waals surface area contributed by atoms with Gasteiger partial charge in [0.25, 0.3) is 10.0 Å². The molecule has 2 aromatic carbocycles. The van der Waals surface area contributed by atoms with E-state index in [-0.39, 0.29) is 20.8 Å². The minimum atomic E-state index is -3.88. The molecule has 8 heteroatoms. The second kappa shape index (κ2) is 5.90. The number of halogens is 2. The summed E-state index contributed by atoms with van der Waals surface area (Å²) in [7, 11) is -2.53. The maximum Gasteiger partial charge on any atom is 0.265 e. The Balaban J connectivity index is 2.40. The topological polar surface area (TPSA) is 81.4 Å². The lowest BCUT2D eigenvalue weighted by atomic mass is 10.3. The van der Waals surface area contributed by atoms with Crippen LogP contribution in [-0.4, -0.2) is 15.5 Å². The van der Waals surface area contributed by atoms with Crippen LogP contribution in [0.3, 0.4) is 0 Å². The molecule has 0 amide bonds. The van der Waals surface area contributed by atoms with E-state index in [2.05, 4.69) is 20.7 Å². The lowest BCUT2D eigenvalue weighted by Gasteiger charge is -2.12. The Morgan fingerprint density at radius 3 is 2.57 bits per heavy atom. The van der Waals surface area contributed by atoms with Crippen LogP contribution in [0.5, 0.6) is 5.75 Å². The highest BCUT2D eigenvalue weighted by molar-refractivity contribution is 9.10. The first-order valence-electron chi connectivity index (χ1n) is 5.75. The molecule has 21 heavy (non-hydrogen) atoms. The summed E-state index contributed by atoms with van der Waals surface area (Å²) in [5.74, 6) is -0.355. The molecule has 3 N–H and O–H groups in total. The van der Waals surface area contributed by atoms with Gasteiger partial charge in [-0.25, -0.2) is 12.8 Å². The summed E-state index contributed by atoms with van der Waals surface area (Å²) in [5.41, 5.74) is 6.20. The van der Waals surface area contributed by atoms with E-state index in [1.165, 1.54) is 37.4 Å². The van der Waals surface area contributed by atoms with E-state index in [1.54, 1.807) is 0 Å². The molecule has 2 aromatic rings. The molecule has 0 fully saturated rings. The molecule has 112 valence electrons. The van der Waals surface area contributed by atoms with Crippen molar-refractivity contribution in [1.29, 1.82) is 0 Å². The maximum absolute atomic E-state index is 13.2. The van der Waals surface area contributed by atoms with E-state index in [9.17, 15) is 12.8 Å². The van der Waals surface area contributed by atoms with Crippen LogP contribution in [-0.2, 0) is 10.0 Å². The van der Waals surface area contributed by atoms with Crippen LogP contribution < -0.4 is 15.2 Å². The Bertz CT molecular complexity index is 781. The number of nitrogens with one attached hydrogen (secondary N) is 1. The number of methoxy groups -OCH3 is 1. The summed E-state index contributed by atoms with van der Waals surface area (Å²) in [6, 6.07) is 8.02. The van der Waals surface area contributed by atoms with Crippen molar-refractivity contribution in [2.75, 3.05) is 17.6 Å². The van der Waals surface area contributed by atoms with Crippen LogP contribution in [0.15, 0.2) is 45.8 Å². The number of nitrogen functional groups attached to an aromatic ring is 1. The van der Waals surface area contributed by atoms with E-state index < -0.39 is 15.8 Å². The average Bonchev–Trinajstić information content (AvgIpc) is 2.42. The molecule has 5 nitrogen and oxygen atoms in total. The summed E-state index contributed by atoms with van der Waals surface area (Å²) < 4.78 is 45.4. The molecular formula is C13H12BrFN2O3S. The summed E-state index contributed by atoms with van der Waals surface area (Å²) in [6.45, 7) is 0. The number of hydrogen-bond donors (Lipinski definition) is 2. The predicted octanol–water partition coefficient (Wildman–Crippen LogP) is 2.98. The van der Waals surface area contributed by atoms with Crippen molar-refractivity contribution in [1.82, 2.24) is 0 Å². The standard InChI is InChI=1S/C13H12BrFN2O3S/c1-20-12-6-8(16)2-5-13(12)21(18,19)17-9-3-4-11(15)10(14)7-9/h2-7,17H,16H2,1H3. The number of sulfonamides is 1. The number of hydrogen-bond acceptors (Lipinski definition) is 4. The Morgan fingerprint density at radius 2 is 1.95 bits per heavy atom. The van der Waals surface area contributed by atoms with Crippen molar-refractivity contribution < 1.29 is 17.5 Å². The fourth-order valence-corrected chi connectivity index (χ4v) is 3.26. The first-order chi connectivity index (χ1) is 9.83. The first kappa shape index (κ1) is 15.6. The van der Waals surface area contributed by atoms with Crippen molar-refractivity contribution in [3.8, 4) is 5.75 Å². The van der Waals surface area contributed by atoms with Crippen LogP contribution >= 0.6 is 15.9 Å². The van der Waals surface area contributed by atoms with Gasteiger partial charge in [-0.05, 0) is 46.3 Å². The Kier molecular flexibility index (Phi) is 4.38. The molecule has 0 spiro atoms. The van der Waals surface area contributed by atoms with Gasteiger partial charge >= 0.3 is 0 Å². The lowest BCUT2D eigenvalue weighted by molar-refractivity contribution is 0.403.